The Morgan fingerprint density at radius 2 is 1.87 bits per heavy atom. The first-order chi connectivity index (χ1) is 14.3. The molecule has 3 heterocycles. The first-order valence-electron chi connectivity index (χ1n) is 10.2. The standard InChI is InChI=1S/C20H25N3O5S2/c1-13-5-7-16-14(11-13)12-17(29-16)20(25)22-21-19(24)15-6-8-18(28-15)30(26,27)23-9-3-2-4-10-23/h6,8,12-13H,2-5,7,9-11H2,1H3,(H,21,24)(H,22,25). The summed E-state index contributed by atoms with van der Waals surface area (Å²) in [4.78, 5) is 26.5. The van der Waals surface area contributed by atoms with Crippen LogP contribution in [0.15, 0.2) is 27.7 Å². The molecule has 1 saturated heterocycles. The van der Waals surface area contributed by atoms with Crippen molar-refractivity contribution >= 4 is 33.2 Å². The fourth-order valence-electron chi connectivity index (χ4n) is 3.87. The molecule has 0 radical (unpaired) electrons. The van der Waals surface area contributed by atoms with Crippen molar-refractivity contribution in [2.24, 2.45) is 5.92 Å². The van der Waals surface area contributed by atoms with Crippen molar-refractivity contribution in [2.75, 3.05) is 13.1 Å². The highest BCUT2D eigenvalue weighted by Gasteiger charge is 2.30. The summed E-state index contributed by atoms with van der Waals surface area (Å²) in [7, 11) is -3.75. The molecule has 0 bridgehead atoms. The van der Waals surface area contributed by atoms with Crippen molar-refractivity contribution in [3.05, 3.63) is 39.3 Å². The molecule has 8 nitrogen and oxygen atoms in total. The first kappa shape index (κ1) is 21.1. The molecular weight excluding hydrogens is 426 g/mol. The lowest BCUT2D eigenvalue weighted by Gasteiger charge is -2.24. The van der Waals surface area contributed by atoms with Crippen LogP contribution in [0.1, 0.15) is 63.3 Å². The first-order valence-corrected chi connectivity index (χ1v) is 12.4. The van der Waals surface area contributed by atoms with E-state index in [1.54, 1.807) is 0 Å². The quantitative estimate of drug-likeness (QED) is 0.695. The van der Waals surface area contributed by atoms with Crippen molar-refractivity contribution in [1.82, 2.24) is 15.2 Å². The number of nitrogens with zero attached hydrogens (tertiary/aromatic N) is 1. The number of hydrogen-bond acceptors (Lipinski definition) is 6. The lowest BCUT2D eigenvalue weighted by molar-refractivity contribution is 0.0829. The van der Waals surface area contributed by atoms with Crippen LogP contribution in [0.4, 0.5) is 0 Å². The maximum Gasteiger partial charge on any atom is 0.305 e. The minimum absolute atomic E-state index is 0.176. The van der Waals surface area contributed by atoms with Crippen molar-refractivity contribution in [3.63, 3.8) is 0 Å². The van der Waals surface area contributed by atoms with E-state index >= 15 is 0 Å². The maximum absolute atomic E-state index is 12.6. The highest BCUT2D eigenvalue weighted by Crippen LogP contribution is 2.32. The summed E-state index contributed by atoms with van der Waals surface area (Å²) in [5.41, 5.74) is 5.88. The smallest absolute Gasteiger partial charge is 0.305 e. The summed E-state index contributed by atoms with van der Waals surface area (Å²) in [6.07, 6.45) is 5.68. The fraction of sp³-hybridized carbons (Fsp3) is 0.500. The number of carbonyl (C=O) groups is 2. The molecule has 2 N–H and O–H groups in total. The van der Waals surface area contributed by atoms with Gasteiger partial charge < -0.3 is 4.42 Å². The molecule has 0 saturated carbocycles. The molecule has 1 atom stereocenters. The van der Waals surface area contributed by atoms with Crippen LogP contribution in [-0.4, -0.2) is 37.6 Å². The van der Waals surface area contributed by atoms with Gasteiger partial charge in [0.15, 0.2) is 5.76 Å². The van der Waals surface area contributed by atoms with E-state index in [1.165, 1.54) is 38.2 Å². The van der Waals surface area contributed by atoms with E-state index in [4.69, 9.17) is 4.42 Å². The van der Waals surface area contributed by atoms with Gasteiger partial charge >= 0.3 is 5.91 Å². The van der Waals surface area contributed by atoms with E-state index in [2.05, 4.69) is 17.8 Å². The molecule has 0 aromatic carbocycles. The van der Waals surface area contributed by atoms with Gasteiger partial charge in [-0.05, 0) is 61.8 Å². The Hall–Kier alpha value is -2.17. The number of nitrogens with one attached hydrogen (secondary N) is 2. The van der Waals surface area contributed by atoms with Gasteiger partial charge in [0.1, 0.15) is 0 Å². The van der Waals surface area contributed by atoms with Gasteiger partial charge in [-0.2, -0.15) is 4.31 Å². The second-order valence-corrected chi connectivity index (χ2v) is 10.9. The molecule has 2 aliphatic rings. The third-order valence-electron chi connectivity index (χ3n) is 5.56. The molecule has 162 valence electrons. The van der Waals surface area contributed by atoms with E-state index in [-0.39, 0.29) is 10.9 Å². The van der Waals surface area contributed by atoms with Gasteiger partial charge in [-0.3, -0.25) is 20.4 Å². The number of aryl methyl sites for hydroxylation is 1. The minimum Gasteiger partial charge on any atom is -0.438 e. The van der Waals surface area contributed by atoms with Crippen LogP contribution in [-0.2, 0) is 22.9 Å². The van der Waals surface area contributed by atoms with Crippen LogP contribution < -0.4 is 10.9 Å². The monoisotopic (exact) mass is 451 g/mol. The van der Waals surface area contributed by atoms with Crippen molar-refractivity contribution in [1.29, 1.82) is 0 Å². The lowest BCUT2D eigenvalue weighted by Crippen LogP contribution is -2.41. The zero-order valence-corrected chi connectivity index (χ0v) is 18.4. The molecule has 1 unspecified atom stereocenters. The summed E-state index contributed by atoms with van der Waals surface area (Å²) >= 11 is 1.44. The fourth-order valence-corrected chi connectivity index (χ4v) is 6.40. The number of carbonyl (C=O) groups excluding carboxylic acids is 2. The molecule has 2 amide bonds. The lowest BCUT2D eigenvalue weighted by atomic mass is 9.90. The van der Waals surface area contributed by atoms with Crippen molar-refractivity contribution in [3.8, 4) is 0 Å². The maximum atomic E-state index is 12.6. The highest BCUT2D eigenvalue weighted by atomic mass is 32.2. The molecule has 1 aliphatic carbocycles. The second-order valence-electron chi connectivity index (χ2n) is 7.90. The number of hydrazine groups is 1. The summed E-state index contributed by atoms with van der Waals surface area (Å²) < 4.78 is 31.9. The average Bonchev–Trinajstić information content (AvgIpc) is 3.40. The SMILES string of the molecule is CC1CCc2sc(C(=O)NNC(=O)c3ccc(S(=O)(=O)N4CCCCC4)o3)cc2C1. The van der Waals surface area contributed by atoms with Gasteiger partial charge in [0.2, 0.25) is 5.09 Å². The van der Waals surface area contributed by atoms with Crippen LogP contribution in [0.2, 0.25) is 0 Å². The van der Waals surface area contributed by atoms with E-state index < -0.39 is 21.8 Å². The molecule has 30 heavy (non-hydrogen) atoms. The largest absolute Gasteiger partial charge is 0.438 e. The average molecular weight is 452 g/mol. The number of sulfonamides is 1. The van der Waals surface area contributed by atoms with E-state index in [0.29, 0.717) is 23.9 Å². The highest BCUT2D eigenvalue weighted by molar-refractivity contribution is 7.89. The Labute approximate surface area is 179 Å². The molecule has 1 aliphatic heterocycles. The van der Waals surface area contributed by atoms with E-state index in [1.807, 2.05) is 6.07 Å². The van der Waals surface area contributed by atoms with E-state index in [0.717, 1.165) is 38.5 Å². The number of amides is 2. The number of fused-ring (bicyclic) bond motifs is 1. The summed E-state index contributed by atoms with van der Waals surface area (Å²) in [6.45, 7) is 3.10. The van der Waals surface area contributed by atoms with Crippen LogP contribution in [0.3, 0.4) is 0 Å². The zero-order chi connectivity index (χ0) is 21.3. The minimum atomic E-state index is -3.75. The predicted molar refractivity (Wildman–Crippen MR) is 112 cm³/mol. The number of furan rings is 1. The van der Waals surface area contributed by atoms with Crippen LogP contribution in [0.5, 0.6) is 0 Å². The normalized spacial score (nSPS) is 19.8. The number of piperidine rings is 1. The van der Waals surface area contributed by atoms with Gasteiger partial charge in [-0.1, -0.05) is 13.3 Å². The molecular formula is C20H25N3O5S2. The third-order valence-corrected chi connectivity index (χ3v) is 8.57. The van der Waals surface area contributed by atoms with Gasteiger partial charge in [0, 0.05) is 18.0 Å². The zero-order valence-electron chi connectivity index (χ0n) is 16.8. The van der Waals surface area contributed by atoms with Crippen molar-refractivity contribution in [2.45, 2.75) is 50.5 Å². The summed E-state index contributed by atoms with van der Waals surface area (Å²) in [6, 6.07) is 4.45. The number of thiophene rings is 1. The molecule has 10 heteroatoms. The Morgan fingerprint density at radius 1 is 1.13 bits per heavy atom. The van der Waals surface area contributed by atoms with Crippen molar-refractivity contribution < 1.29 is 22.4 Å². The van der Waals surface area contributed by atoms with Gasteiger partial charge in [-0.15, -0.1) is 11.3 Å². The van der Waals surface area contributed by atoms with E-state index in [9.17, 15) is 18.0 Å². The van der Waals surface area contributed by atoms with Gasteiger partial charge in [0.25, 0.3) is 15.9 Å². The number of rotatable bonds is 4. The van der Waals surface area contributed by atoms with Gasteiger partial charge in [-0.25, -0.2) is 8.42 Å². The summed E-state index contributed by atoms with van der Waals surface area (Å²) in [5.74, 6) is -0.677. The second kappa shape index (κ2) is 8.52. The molecule has 2 aromatic rings. The Morgan fingerprint density at radius 3 is 2.63 bits per heavy atom. The molecule has 0 spiro atoms. The Balaban J connectivity index is 1.37. The number of hydrogen-bond donors (Lipinski definition) is 2. The molecule has 4 rings (SSSR count). The van der Waals surface area contributed by atoms with Crippen LogP contribution >= 0.6 is 11.3 Å². The molecule has 1 fully saturated rings. The third kappa shape index (κ3) is 4.30. The summed E-state index contributed by atoms with van der Waals surface area (Å²) in [5, 5.41) is -0.263. The van der Waals surface area contributed by atoms with Gasteiger partial charge in [0.05, 0.1) is 4.88 Å². The predicted octanol–water partition coefficient (Wildman–Crippen LogP) is 2.72. The molecule has 2 aromatic heterocycles. The van der Waals surface area contributed by atoms with Crippen LogP contribution in [0, 0.1) is 5.92 Å². The Kier molecular flexibility index (Phi) is 5.99. The topological polar surface area (TPSA) is 109 Å². The Bertz CT molecular complexity index is 1050. The van der Waals surface area contributed by atoms with Crippen LogP contribution in [0.25, 0.3) is 0 Å².